The molecule has 3 nitrogen and oxygen atoms in total. The summed E-state index contributed by atoms with van der Waals surface area (Å²) < 4.78 is 0. The SMILES string of the molecule is CCCC(C#N)C(=O)N1CCC(C)CC1. The van der Waals surface area contributed by atoms with Gasteiger partial charge in [0.15, 0.2) is 0 Å². The van der Waals surface area contributed by atoms with Crippen molar-refractivity contribution < 1.29 is 4.79 Å². The molecule has 0 N–H and O–H groups in total. The van der Waals surface area contributed by atoms with Crippen LogP contribution in [0.5, 0.6) is 0 Å². The molecule has 1 heterocycles. The fourth-order valence-corrected chi connectivity index (χ4v) is 1.98. The Balaban J connectivity index is 2.49. The molecule has 84 valence electrons. The van der Waals surface area contributed by atoms with Crippen LogP contribution in [-0.4, -0.2) is 23.9 Å². The smallest absolute Gasteiger partial charge is 0.239 e. The highest BCUT2D eigenvalue weighted by Gasteiger charge is 2.26. The molecular weight excluding hydrogens is 188 g/mol. The first kappa shape index (κ1) is 12.0. The van der Waals surface area contributed by atoms with Crippen molar-refractivity contribution in [3.63, 3.8) is 0 Å². The van der Waals surface area contributed by atoms with Crippen LogP contribution in [0, 0.1) is 23.2 Å². The summed E-state index contributed by atoms with van der Waals surface area (Å²) in [5, 5.41) is 8.91. The van der Waals surface area contributed by atoms with Crippen molar-refractivity contribution in [2.45, 2.75) is 39.5 Å². The van der Waals surface area contributed by atoms with Gasteiger partial charge in [0.2, 0.25) is 5.91 Å². The van der Waals surface area contributed by atoms with Gasteiger partial charge in [-0.3, -0.25) is 4.79 Å². The number of hydrogen-bond acceptors (Lipinski definition) is 2. The van der Waals surface area contributed by atoms with Crippen LogP contribution in [0.3, 0.4) is 0 Å². The Bertz CT molecular complexity index is 249. The number of carbonyl (C=O) groups excluding carboxylic acids is 1. The maximum absolute atomic E-state index is 11.9. The van der Waals surface area contributed by atoms with Gasteiger partial charge in [-0.05, 0) is 25.2 Å². The van der Waals surface area contributed by atoms with Crippen LogP contribution in [0.4, 0.5) is 0 Å². The first-order chi connectivity index (χ1) is 7.19. The fraction of sp³-hybridized carbons (Fsp3) is 0.833. The number of carbonyl (C=O) groups is 1. The van der Waals surface area contributed by atoms with E-state index in [1.54, 1.807) is 0 Å². The number of nitriles is 1. The third-order valence-corrected chi connectivity index (χ3v) is 3.13. The minimum atomic E-state index is -0.414. The van der Waals surface area contributed by atoms with Crippen molar-refractivity contribution in [2.75, 3.05) is 13.1 Å². The molecule has 1 aliphatic heterocycles. The van der Waals surface area contributed by atoms with E-state index in [1.165, 1.54) is 0 Å². The van der Waals surface area contributed by atoms with E-state index >= 15 is 0 Å². The number of nitrogens with zero attached hydrogens (tertiary/aromatic N) is 2. The lowest BCUT2D eigenvalue weighted by atomic mass is 9.97. The maximum atomic E-state index is 11.9. The normalized spacial score (nSPS) is 19.7. The van der Waals surface area contributed by atoms with Gasteiger partial charge in [0.1, 0.15) is 5.92 Å². The highest BCUT2D eigenvalue weighted by molar-refractivity contribution is 5.81. The summed E-state index contributed by atoms with van der Waals surface area (Å²) in [5.41, 5.74) is 0. The molecule has 1 unspecified atom stereocenters. The molecule has 0 radical (unpaired) electrons. The Morgan fingerprint density at radius 1 is 1.53 bits per heavy atom. The van der Waals surface area contributed by atoms with Crippen LogP contribution in [0.25, 0.3) is 0 Å². The van der Waals surface area contributed by atoms with Crippen molar-refractivity contribution in [3.05, 3.63) is 0 Å². The Morgan fingerprint density at radius 2 is 2.13 bits per heavy atom. The molecule has 1 saturated heterocycles. The average molecular weight is 208 g/mol. The zero-order valence-corrected chi connectivity index (χ0v) is 9.70. The van der Waals surface area contributed by atoms with Gasteiger partial charge in [-0.1, -0.05) is 20.3 Å². The second-order valence-corrected chi connectivity index (χ2v) is 4.48. The molecule has 1 aliphatic rings. The number of rotatable bonds is 3. The van der Waals surface area contributed by atoms with Gasteiger partial charge in [0.25, 0.3) is 0 Å². The van der Waals surface area contributed by atoms with E-state index in [-0.39, 0.29) is 5.91 Å². The summed E-state index contributed by atoms with van der Waals surface area (Å²) in [6, 6.07) is 2.12. The van der Waals surface area contributed by atoms with Gasteiger partial charge < -0.3 is 4.90 Å². The van der Waals surface area contributed by atoms with Crippen molar-refractivity contribution in [1.82, 2.24) is 4.90 Å². The summed E-state index contributed by atoms with van der Waals surface area (Å²) in [4.78, 5) is 13.8. The van der Waals surface area contributed by atoms with Gasteiger partial charge in [0.05, 0.1) is 6.07 Å². The summed E-state index contributed by atoms with van der Waals surface area (Å²) in [5.74, 6) is 0.357. The van der Waals surface area contributed by atoms with Crippen LogP contribution in [0.1, 0.15) is 39.5 Å². The van der Waals surface area contributed by atoms with Gasteiger partial charge >= 0.3 is 0 Å². The minimum absolute atomic E-state index is 0.0475. The summed E-state index contributed by atoms with van der Waals surface area (Å²) >= 11 is 0. The highest BCUT2D eigenvalue weighted by atomic mass is 16.2. The molecule has 0 aromatic heterocycles. The Hall–Kier alpha value is -1.04. The van der Waals surface area contributed by atoms with Gasteiger partial charge in [-0.25, -0.2) is 0 Å². The second kappa shape index (κ2) is 5.75. The molecule has 0 aromatic carbocycles. The molecule has 15 heavy (non-hydrogen) atoms. The molecule has 0 bridgehead atoms. The predicted molar refractivity (Wildman–Crippen MR) is 59.0 cm³/mol. The monoisotopic (exact) mass is 208 g/mol. The van der Waals surface area contributed by atoms with Gasteiger partial charge in [-0.15, -0.1) is 0 Å². The van der Waals surface area contributed by atoms with Gasteiger partial charge in [0, 0.05) is 13.1 Å². The van der Waals surface area contributed by atoms with E-state index in [1.807, 2.05) is 11.8 Å². The van der Waals surface area contributed by atoms with Gasteiger partial charge in [-0.2, -0.15) is 5.26 Å². The van der Waals surface area contributed by atoms with Crippen LogP contribution in [0.15, 0.2) is 0 Å². The van der Waals surface area contributed by atoms with Crippen molar-refractivity contribution in [2.24, 2.45) is 11.8 Å². The summed E-state index contributed by atoms with van der Waals surface area (Å²) in [6.45, 7) is 5.90. The molecule has 0 aliphatic carbocycles. The average Bonchev–Trinajstić information content (AvgIpc) is 2.26. The first-order valence-corrected chi connectivity index (χ1v) is 5.87. The zero-order valence-electron chi connectivity index (χ0n) is 9.70. The van der Waals surface area contributed by atoms with Crippen molar-refractivity contribution in [3.8, 4) is 6.07 Å². The molecular formula is C12H20N2O. The van der Waals surface area contributed by atoms with Crippen LogP contribution in [0.2, 0.25) is 0 Å². The summed E-state index contributed by atoms with van der Waals surface area (Å²) in [6.07, 6.45) is 3.75. The number of piperidine rings is 1. The Kier molecular flexibility index (Phi) is 4.61. The third kappa shape index (κ3) is 3.23. The first-order valence-electron chi connectivity index (χ1n) is 5.87. The van der Waals surface area contributed by atoms with Crippen molar-refractivity contribution in [1.29, 1.82) is 5.26 Å². The second-order valence-electron chi connectivity index (χ2n) is 4.48. The third-order valence-electron chi connectivity index (χ3n) is 3.13. The molecule has 1 amide bonds. The Morgan fingerprint density at radius 3 is 2.60 bits per heavy atom. The number of amides is 1. The summed E-state index contributed by atoms with van der Waals surface area (Å²) in [7, 11) is 0. The molecule has 1 atom stereocenters. The predicted octanol–water partition coefficient (Wildman–Crippen LogP) is 2.18. The minimum Gasteiger partial charge on any atom is -0.342 e. The van der Waals surface area contributed by atoms with Crippen LogP contribution < -0.4 is 0 Å². The van der Waals surface area contributed by atoms with E-state index in [4.69, 9.17) is 5.26 Å². The highest BCUT2D eigenvalue weighted by Crippen LogP contribution is 2.19. The lowest BCUT2D eigenvalue weighted by Crippen LogP contribution is -2.41. The van der Waals surface area contributed by atoms with Crippen LogP contribution in [-0.2, 0) is 4.79 Å². The fourth-order valence-electron chi connectivity index (χ4n) is 1.98. The van der Waals surface area contributed by atoms with E-state index in [0.717, 1.165) is 38.3 Å². The molecule has 3 heteroatoms. The lowest BCUT2D eigenvalue weighted by Gasteiger charge is -2.31. The molecule has 1 rings (SSSR count). The largest absolute Gasteiger partial charge is 0.342 e. The molecule has 0 saturated carbocycles. The quantitative estimate of drug-likeness (QED) is 0.713. The van der Waals surface area contributed by atoms with Crippen LogP contribution >= 0.6 is 0 Å². The van der Waals surface area contributed by atoms with Crippen molar-refractivity contribution >= 4 is 5.91 Å². The lowest BCUT2D eigenvalue weighted by molar-refractivity contribution is -0.135. The van der Waals surface area contributed by atoms with E-state index < -0.39 is 5.92 Å². The molecule has 1 fully saturated rings. The van der Waals surface area contributed by atoms with E-state index in [0.29, 0.717) is 6.42 Å². The maximum Gasteiger partial charge on any atom is 0.239 e. The molecule has 0 spiro atoms. The standard InChI is InChI=1S/C12H20N2O/c1-3-4-11(9-13)12(15)14-7-5-10(2)6-8-14/h10-11H,3-8H2,1-2H3. The Labute approximate surface area is 92.1 Å². The number of likely N-dealkylation sites (tertiary alicyclic amines) is 1. The van der Waals surface area contributed by atoms with E-state index in [9.17, 15) is 4.79 Å². The molecule has 0 aromatic rings. The van der Waals surface area contributed by atoms with E-state index in [2.05, 4.69) is 13.0 Å². The topological polar surface area (TPSA) is 44.1 Å². The zero-order chi connectivity index (χ0) is 11.3. The number of hydrogen-bond donors (Lipinski definition) is 0.